The lowest BCUT2D eigenvalue weighted by atomic mass is 10.1. The second kappa shape index (κ2) is 11.8. The highest BCUT2D eigenvalue weighted by Crippen LogP contribution is 2.29. The third-order valence-corrected chi connectivity index (χ3v) is 7.70. The molecule has 3 aromatic heterocycles. The maximum Gasteiger partial charge on any atom is 0.223 e. The number of piperazine rings is 1. The number of carbonyl (C=O) groups is 2. The minimum absolute atomic E-state index is 0.0157. The number of aromatic amines is 1. The van der Waals surface area contributed by atoms with Crippen LogP contribution in [0.2, 0.25) is 0 Å². The highest BCUT2D eigenvalue weighted by atomic mass is 16.5. The van der Waals surface area contributed by atoms with Gasteiger partial charge in [0, 0.05) is 75.8 Å². The van der Waals surface area contributed by atoms with Crippen molar-refractivity contribution in [3.63, 3.8) is 0 Å². The van der Waals surface area contributed by atoms with Crippen LogP contribution >= 0.6 is 0 Å². The quantitative estimate of drug-likeness (QED) is 0.330. The Morgan fingerprint density at radius 3 is 2.63 bits per heavy atom. The smallest absolute Gasteiger partial charge is 0.223 e. The molecule has 0 radical (unpaired) electrons. The molecule has 1 amide bonds. The lowest BCUT2D eigenvalue weighted by Crippen LogP contribution is -2.48. The zero-order valence-electron chi connectivity index (χ0n) is 23.7. The van der Waals surface area contributed by atoms with Gasteiger partial charge in [0.1, 0.15) is 5.52 Å². The lowest BCUT2D eigenvalue weighted by Gasteiger charge is -2.34. The van der Waals surface area contributed by atoms with Crippen LogP contribution in [0.3, 0.4) is 0 Å². The van der Waals surface area contributed by atoms with Crippen LogP contribution in [0, 0.1) is 0 Å². The van der Waals surface area contributed by atoms with Gasteiger partial charge in [0.15, 0.2) is 17.4 Å². The highest BCUT2D eigenvalue weighted by molar-refractivity contribution is 5.93. The molecule has 11 heteroatoms. The first-order valence-electron chi connectivity index (χ1n) is 14.3. The number of anilines is 1. The van der Waals surface area contributed by atoms with E-state index in [0.717, 1.165) is 71.7 Å². The Bertz CT molecular complexity index is 1590. The zero-order chi connectivity index (χ0) is 28.3. The van der Waals surface area contributed by atoms with Gasteiger partial charge in [-0.1, -0.05) is 17.7 Å². The summed E-state index contributed by atoms with van der Waals surface area (Å²) in [6, 6.07) is 8.20. The average molecular weight is 557 g/mol. The number of nitrogens with one attached hydrogen (secondary N) is 1. The van der Waals surface area contributed by atoms with Crippen LogP contribution in [0.5, 0.6) is 0 Å². The number of nitrogens with zero attached hydrogens (tertiary/aromatic N) is 7. The van der Waals surface area contributed by atoms with Crippen LogP contribution in [0.4, 0.5) is 5.82 Å². The Kier molecular flexibility index (Phi) is 7.80. The summed E-state index contributed by atoms with van der Waals surface area (Å²) < 4.78 is 7.56. The Morgan fingerprint density at radius 1 is 1.05 bits per heavy atom. The van der Waals surface area contributed by atoms with Crippen molar-refractivity contribution in [2.45, 2.75) is 33.2 Å². The van der Waals surface area contributed by atoms with Crippen LogP contribution in [0.1, 0.15) is 32.3 Å². The van der Waals surface area contributed by atoms with Crippen LogP contribution < -0.4 is 4.90 Å². The van der Waals surface area contributed by atoms with Gasteiger partial charge >= 0.3 is 0 Å². The van der Waals surface area contributed by atoms with E-state index in [1.165, 1.54) is 0 Å². The van der Waals surface area contributed by atoms with Gasteiger partial charge in [-0.15, -0.1) is 5.10 Å². The maximum atomic E-state index is 12.7. The van der Waals surface area contributed by atoms with Crippen LogP contribution in [0.15, 0.2) is 48.3 Å². The van der Waals surface area contributed by atoms with E-state index in [4.69, 9.17) is 14.8 Å². The zero-order valence-corrected chi connectivity index (χ0v) is 23.7. The largest absolute Gasteiger partial charge is 0.378 e. The molecule has 2 aliphatic rings. The summed E-state index contributed by atoms with van der Waals surface area (Å²) in [5, 5.41) is 13.2. The molecule has 0 bridgehead atoms. The molecular weight excluding hydrogens is 520 g/mol. The molecule has 41 heavy (non-hydrogen) atoms. The number of ether oxygens (including phenoxy) is 1. The predicted octanol–water partition coefficient (Wildman–Crippen LogP) is 3.07. The van der Waals surface area contributed by atoms with E-state index in [-0.39, 0.29) is 24.5 Å². The minimum atomic E-state index is 0.0157. The fourth-order valence-electron chi connectivity index (χ4n) is 5.60. The minimum Gasteiger partial charge on any atom is -0.378 e. The van der Waals surface area contributed by atoms with Crippen molar-refractivity contribution in [2.24, 2.45) is 0 Å². The number of hydrogen-bond acceptors (Lipinski definition) is 8. The van der Waals surface area contributed by atoms with E-state index in [9.17, 15) is 9.59 Å². The number of rotatable bonds is 8. The first-order valence-corrected chi connectivity index (χ1v) is 14.3. The summed E-state index contributed by atoms with van der Waals surface area (Å²) in [6.07, 6.45) is 6.06. The van der Waals surface area contributed by atoms with Gasteiger partial charge in [0.2, 0.25) is 5.91 Å². The molecule has 0 saturated carbocycles. The molecule has 0 unspecified atom stereocenters. The SMILES string of the molecule is CC(C)=CC(=O)CCC(=O)N1CCN(Cc2cc3c(N4CCOCC4)nc(-c4cccc5[nH]ncc45)nn3c2)CC1. The Hall–Kier alpha value is -4.09. The van der Waals surface area contributed by atoms with E-state index in [2.05, 4.69) is 32.3 Å². The molecule has 0 spiro atoms. The van der Waals surface area contributed by atoms with Gasteiger partial charge in [0.05, 0.1) is 24.9 Å². The Balaban J connectivity index is 1.19. The molecule has 11 nitrogen and oxygen atoms in total. The highest BCUT2D eigenvalue weighted by Gasteiger charge is 2.24. The van der Waals surface area contributed by atoms with Crippen molar-refractivity contribution in [2.75, 3.05) is 57.4 Å². The molecule has 6 rings (SSSR count). The van der Waals surface area contributed by atoms with Gasteiger partial charge in [-0.2, -0.15) is 5.10 Å². The fourth-order valence-corrected chi connectivity index (χ4v) is 5.60. The van der Waals surface area contributed by atoms with Crippen molar-refractivity contribution in [3.05, 3.63) is 53.9 Å². The normalized spacial score (nSPS) is 16.4. The molecule has 2 saturated heterocycles. The summed E-state index contributed by atoms with van der Waals surface area (Å²) in [5.41, 5.74) is 4.97. The van der Waals surface area contributed by atoms with Gasteiger partial charge in [-0.25, -0.2) is 9.50 Å². The summed E-state index contributed by atoms with van der Waals surface area (Å²) >= 11 is 0. The van der Waals surface area contributed by atoms with Crippen molar-refractivity contribution < 1.29 is 14.3 Å². The van der Waals surface area contributed by atoms with Crippen molar-refractivity contribution in [1.29, 1.82) is 0 Å². The van der Waals surface area contributed by atoms with E-state index in [1.54, 1.807) is 6.08 Å². The van der Waals surface area contributed by atoms with E-state index >= 15 is 0 Å². The number of allylic oxidation sites excluding steroid dienone is 2. The third kappa shape index (κ3) is 6.01. The molecule has 4 aromatic rings. The number of morpholine rings is 1. The second-order valence-electron chi connectivity index (χ2n) is 11.0. The van der Waals surface area contributed by atoms with Gasteiger partial charge in [0.25, 0.3) is 0 Å². The Labute approximate surface area is 238 Å². The number of benzene rings is 1. The van der Waals surface area contributed by atoms with Gasteiger partial charge in [-0.05, 0) is 37.6 Å². The van der Waals surface area contributed by atoms with Crippen LogP contribution in [-0.2, 0) is 20.9 Å². The lowest BCUT2D eigenvalue weighted by molar-refractivity contribution is -0.134. The monoisotopic (exact) mass is 556 g/mol. The summed E-state index contributed by atoms with van der Waals surface area (Å²) in [5.74, 6) is 1.63. The molecule has 0 atom stereocenters. The average Bonchev–Trinajstić information content (AvgIpc) is 3.62. The number of aromatic nitrogens is 5. The third-order valence-electron chi connectivity index (χ3n) is 7.70. The molecule has 2 aliphatic heterocycles. The summed E-state index contributed by atoms with van der Waals surface area (Å²) in [4.78, 5) is 36.2. The summed E-state index contributed by atoms with van der Waals surface area (Å²) in [7, 11) is 0. The number of H-pyrrole nitrogens is 1. The van der Waals surface area contributed by atoms with Crippen LogP contribution in [0.25, 0.3) is 27.8 Å². The first-order chi connectivity index (χ1) is 19.9. The molecule has 1 N–H and O–H groups in total. The Morgan fingerprint density at radius 2 is 1.85 bits per heavy atom. The number of hydrogen-bond donors (Lipinski definition) is 1. The van der Waals surface area contributed by atoms with Crippen molar-refractivity contribution in [1.82, 2.24) is 34.6 Å². The molecule has 1 aromatic carbocycles. The first kappa shape index (κ1) is 27.1. The van der Waals surface area contributed by atoms with E-state index in [0.29, 0.717) is 32.1 Å². The molecular formula is C30H36N8O3. The van der Waals surface area contributed by atoms with E-state index < -0.39 is 0 Å². The van der Waals surface area contributed by atoms with Crippen molar-refractivity contribution in [3.8, 4) is 11.4 Å². The van der Waals surface area contributed by atoms with Crippen LogP contribution in [-0.4, -0.2) is 98.8 Å². The molecule has 0 aliphatic carbocycles. The maximum absolute atomic E-state index is 12.7. The standard InChI is InChI=1S/C30H36N8O3/c1-21(2)16-23(39)6-7-28(40)36-10-8-35(9-11-36)19-22-17-27-30(37-12-14-41-15-13-37)32-29(34-38(27)20-22)24-4-3-5-26-25(24)18-31-33-26/h3-5,16-18,20H,6-15,19H2,1-2H3,(H,31,33). The molecule has 2 fully saturated rings. The molecule has 214 valence electrons. The predicted molar refractivity (Wildman–Crippen MR) is 157 cm³/mol. The number of carbonyl (C=O) groups excluding carboxylic acids is 2. The fraction of sp³-hybridized carbons (Fsp3) is 0.433. The van der Waals surface area contributed by atoms with Gasteiger partial charge < -0.3 is 14.5 Å². The number of fused-ring (bicyclic) bond motifs is 2. The number of amides is 1. The van der Waals surface area contributed by atoms with Gasteiger partial charge in [-0.3, -0.25) is 19.6 Å². The van der Waals surface area contributed by atoms with E-state index in [1.807, 2.05) is 47.7 Å². The molecule has 5 heterocycles. The number of ketones is 1. The second-order valence-corrected chi connectivity index (χ2v) is 11.0. The van der Waals surface area contributed by atoms with Crippen molar-refractivity contribution >= 4 is 33.9 Å². The topological polar surface area (TPSA) is 112 Å². The summed E-state index contributed by atoms with van der Waals surface area (Å²) in [6.45, 7) is 10.3.